The fourth-order valence-electron chi connectivity index (χ4n) is 1.46. The maximum Gasteiger partial charge on any atom is 0.0405 e. The number of halogens is 2. The van der Waals surface area contributed by atoms with Gasteiger partial charge in [0.05, 0.1) is 0 Å². The van der Waals surface area contributed by atoms with Gasteiger partial charge in [-0.15, -0.1) is 0 Å². The molecule has 2 rings (SSSR count). The number of rotatable bonds is 2. The Bertz CT molecular complexity index is 506. The minimum absolute atomic E-state index is 0.807. The molecule has 0 aliphatic carbocycles. The van der Waals surface area contributed by atoms with Crippen LogP contribution in [0.3, 0.4) is 0 Å². The SMILES string of the molecule is Cc1ccc(Nc2ccc(Br)c(I)c2)cc1N. The molecule has 4 heteroatoms. The number of hydrogen-bond donors (Lipinski definition) is 2. The summed E-state index contributed by atoms with van der Waals surface area (Å²) in [6, 6.07) is 12.1. The van der Waals surface area contributed by atoms with Gasteiger partial charge in [0.15, 0.2) is 0 Å². The van der Waals surface area contributed by atoms with Gasteiger partial charge in [0.1, 0.15) is 0 Å². The Balaban J connectivity index is 2.25. The van der Waals surface area contributed by atoms with E-state index < -0.39 is 0 Å². The first-order chi connectivity index (χ1) is 8.06. The van der Waals surface area contributed by atoms with Crippen LogP contribution in [0.4, 0.5) is 17.1 Å². The third kappa shape index (κ3) is 3.13. The topological polar surface area (TPSA) is 38.0 Å². The van der Waals surface area contributed by atoms with E-state index in [2.05, 4.69) is 49.9 Å². The van der Waals surface area contributed by atoms with E-state index in [1.807, 2.05) is 37.3 Å². The van der Waals surface area contributed by atoms with Gasteiger partial charge < -0.3 is 11.1 Å². The van der Waals surface area contributed by atoms with Gasteiger partial charge in [-0.25, -0.2) is 0 Å². The van der Waals surface area contributed by atoms with Crippen LogP contribution >= 0.6 is 38.5 Å². The highest BCUT2D eigenvalue weighted by Crippen LogP contribution is 2.26. The lowest BCUT2D eigenvalue weighted by Crippen LogP contribution is -1.94. The average Bonchev–Trinajstić information content (AvgIpc) is 2.29. The maximum atomic E-state index is 5.88. The lowest BCUT2D eigenvalue weighted by Gasteiger charge is -2.09. The van der Waals surface area contributed by atoms with E-state index in [1.54, 1.807) is 0 Å². The molecule has 0 radical (unpaired) electrons. The monoisotopic (exact) mass is 402 g/mol. The van der Waals surface area contributed by atoms with Crippen LogP contribution in [0.2, 0.25) is 0 Å². The van der Waals surface area contributed by atoms with Gasteiger partial charge in [-0.2, -0.15) is 0 Å². The molecule has 17 heavy (non-hydrogen) atoms. The Morgan fingerprint density at radius 3 is 2.41 bits per heavy atom. The first-order valence-corrected chi connectivity index (χ1v) is 7.01. The third-order valence-corrected chi connectivity index (χ3v) is 4.81. The number of benzene rings is 2. The van der Waals surface area contributed by atoms with E-state index in [4.69, 9.17) is 5.73 Å². The van der Waals surface area contributed by atoms with Crippen molar-refractivity contribution in [1.29, 1.82) is 0 Å². The van der Waals surface area contributed by atoms with Crippen LogP contribution < -0.4 is 11.1 Å². The van der Waals surface area contributed by atoms with Gasteiger partial charge in [-0.1, -0.05) is 6.07 Å². The molecule has 0 fully saturated rings. The molecule has 3 N–H and O–H groups in total. The molecule has 0 spiro atoms. The number of hydrogen-bond acceptors (Lipinski definition) is 2. The lowest BCUT2D eigenvalue weighted by molar-refractivity contribution is 1.45. The lowest BCUT2D eigenvalue weighted by atomic mass is 10.2. The quantitative estimate of drug-likeness (QED) is 0.565. The normalized spacial score (nSPS) is 10.3. The number of aryl methyl sites for hydroxylation is 1. The number of anilines is 3. The third-order valence-electron chi connectivity index (χ3n) is 2.49. The maximum absolute atomic E-state index is 5.88. The molecule has 0 aromatic heterocycles. The Hall–Kier alpha value is -0.750. The highest BCUT2D eigenvalue weighted by atomic mass is 127. The van der Waals surface area contributed by atoms with Crippen molar-refractivity contribution < 1.29 is 0 Å². The molecule has 0 aliphatic heterocycles. The van der Waals surface area contributed by atoms with Gasteiger partial charge in [0.2, 0.25) is 0 Å². The average molecular weight is 403 g/mol. The van der Waals surface area contributed by atoms with Crippen molar-refractivity contribution in [1.82, 2.24) is 0 Å². The predicted octanol–water partition coefficient (Wildman–Crippen LogP) is 4.69. The van der Waals surface area contributed by atoms with Crippen molar-refractivity contribution in [2.24, 2.45) is 0 Å². The Morgan fingerprint density at radius 1 is 1.12 bits per heavy atom. The summed E-state index contributed by atoms with van der Waals surface area (Å²) in [5.41, 5.74) is 9.85. The summed E-state index contributed by atoms with van der Waals surface area (Å²) < 4.78 is 2.28. The Morgan fingerprint density at radius 2 is 1.76 bits per heavy atom. The molecule has 2 aromatic carbocycles. The summed E-state index contributed by atoms with van der Waals surface area (Å²) in [4.78, 5) is 0. The first kappa shape index (κ1) is 12.7. The molecule has 0 unspecified atom stereocenters. The molecule has 0 amide bonds. The zero-order valence-corrected chi connectivity index (χ0v) is 13.0. The van der Waals surface area contributed by atoms with E-state index in [0.717, 1.165) is 27.1 Å². The summed E-state index contributed by atoms with van der Waals surface area (Å²) >= 11 is 5.77. The zero-order valence-electron chi connectivity index (χ0n) is 9.30. The van der Waals surface area contributed by atoms with Crippen LogP contribution in [0, 0.1) is 10.5 Å². The Kier molecular flexibility index (Phi) is 3.93. The second kappa shape index (κ2) is 5.27. The smallest absolute Gasteiger partial charge is 0.0405 e. The number of nitrogen functional groups attached to an aromatic ring is 1. The largest absolute Gasteiger partial charge is 0.398 e. The van der Waals surface area contributed by atoms with E-state index in [1.165, 1.54) is 3.57 Å². The van der Waals surface area contributed by atoms with Crippen LogP contribution in [-0.4, -0.2) is 0 Å². The predicted molar refractivity (Wildman–Crippen MR) is 85.7 cm³/mol. The van der Waals surface area contributed by atoms with Crippen LogP contribution in [0.15, 0.2) is 40.9 Å². The molecule has 0 saturated carbocycles. The summed E-state index contributed by atoms with van der Waals surface area (Å²) in [6.45, 7) is 2.00. The van der Waals surface area contributed by atoms with E-state index in [9.17, 15) is 0 Å². The van der Waals surface area contributed by atoms with Crippen LogP contribution in [-0.2, 0) is 0 Å². The van der Waals surface area contributed by atoms with E-state index in [-0.39, 0.29) is 0 Å². The summed E-state index contributed by atoms with van der Waals surface area (Å²) in [7, 11) is 0. The summed E-state index contributed by atoms with van der Waals surface area (Å²) in [5.74, 6) is 0. The molecule has 0 atom stereocenters. The van der Waals surface area contributed by atoms with Crippen molar-refractivity contribution in [2.75, 3.05) is 11.1 Å². The molecule has 2 nitrogen and oxygen atoms in total. The summed E-state index contributed by atoms with van der Waals surface area (Å²) in [5, 5.41) is 3.33. The van der Waals surface area contributed by atoms with Crippen molar-refractivity contribution in [3.8, 4) is 0 Å². The van der Waals surface area contributed by atoms with Crippen molar-refractivity contribution in [2.45, 2.75) is 6.92 Å². The van der Waals surface area contributed by atoms with Gasteiger partial charge in [-0.05, 0) is 81.3 Å². The fraction of sp³-hybridized carbons (Fsp3) is 0.0769. The van der Waals surface area contributed by atoms with Gasteiger partial charge in [-0.3, -0.25) is 0 Å². The molecule has 2 aromatic rings. The van der Waals surface area contributed by atoms with Gasteiger partial charge >= 0.3 is 0 Å². The fourth-order valence-corrected chi connectivity index (χ4v) is 2.22. The highest BCUT2D eigenvalue weighted by molar-refractivity contribution is 14.1. The molecule has 0 aliphatic rings. The van der Waals surface area contributed by atoms with Crippen LogP contribution in [0.5, 0.6) is 0 Å². The molecule has 0 bridgehead atoms. The first-order valence-electron chi connectivity index (χ1n) is 5.14. The van der Waals surface area contributed by atoms with Crippen LogP contribution in [0.25, 0.3) is 0 Å². The van der Waals surface area contributed by atoms with Gasteiger partial charge in [0, 0.05) is 25.1 Å². The van der Waals surface area contributed by atoms with Gasteiger partial charge in [0.25, 0.3) is 0 Å². The molecule has 88 valence electrons. The molecular weight excluding hydrogens is 391 g/mol. The molecule has 0 heterocycles. The zero-order chi connectivity index (χ0) is 12.4. The second-order valence-corrected chi connectivity index (χ2v) is 5.84. The standard InChI is InChI=1S/C13H12BrIN2/c1-8-2-3-10(7-13(8)16)17-9-4-5-11(14)12(15)6-9/h2-7,17H,16H2,1H3. The minimum Gasteiger partial charge on any atom is -0.398 e. The van der Waals surface area contributed by atoms with E-state index >= 15 is 0 Å². The molecule has 0 saturated heterocycles. The second-order valence-electron chi connectivity index (χ2n) is 3.83. The molecular formula is C13H12BrIN2. The highest BCUT2D eigenvalue weighted by Gasteiger charge is 2.00. The number of nitrogens with two attached hydrogens (primary N) is 1. The van der Waals surface area contributed by atoms with Crippen molar-refractivity contribution in [3.05, 3.63) is 50.0 Å². The number of nitrogens with one attached hydrogen (secondary N) is 1. The van der Waals surface area contributed by atoms with Crippen molar-refractivity contribution >= 4 is 55.6 Å². The Labute approximate surface area is 123 Å². The summed E-state index contributed by atoms with van der Waals surface area (Å²) in [6.07, 6.45) is 0. The minimum atomic E-state index is 0.807. The van der Waals surface area contributed by atoms with Crippen molar-refractivity contribution in [3.63, 3.8) is 0 Å². The van der Waals surface area contributed by atoms with Crippen LogP contribution in [0.1, 0.15) is 5.56 Å². The van der Waals surface area contributed by atoms with E-state index in [0.29, 0.717) is 0 Å².